The van der Waals surface area contributed by atoms with Crippen LogP contribution in [0, 0.1) is 0 Å². The van der Waals surface area contributed by atoms with Crippen molar-refractivity contribution in [1.29, 1.82) is 0 Å². The van der Waals surface area contributed by atoms with E-state index in [-0.39, 0.29) is 6.61 Å². The molecule has 0 aliphatic heterocycles. The summed E-state index contributed by atoms with van der Waals surface area (Å²) in [6.07, 6.45) is 4.09. The molecule has 0 aliphatic rings. The average molecular weight is 231 g/mol. The van der Waals surface area contributed by atoms with Gasteiger partial charge in [-0.3, -0.25) is 4.68 Å². The molecule has 1 aromatic heterocycles. The van der Waals surface area contributed by atoms with Gasteiger partial charge < -0.3 is 5.11 Å². The van der Waals surface area contributed by atoms with Gasteiger partial charge in [-0.15, -0.1) is 0 Å². The molecular weight excluding hydrogens is 212 g/mol. The molecule has 1 rings (SSSR count). The van der Waals surface area contributed by atoms with Crippen LogP contribution < -0.4 is 0 Å². The predicted molar refractivity (Wildman–Crippen MR) is 62.1 cm³/mol. The van der Waals surface area contributed by atoms with Crippen LogP contribution in [0.2, 0.25) is 5.15 Å². The molecule has 0 saturated heterocycles. The molecule has 1 heterocycles. The number of hydrogen-bond acceptors (Lipinski definition) is 2. The van der Waals surface area contributed by atoms with Crippen molar-refractivity contribution < 1.29 is 5.11 Å². The Balaban J connectivity index is 2.87. The Morgan fingerprint density at radius 3 is 2.60 bits per heavy atom. The summed E-state index contributed by atoms with van der Waals surface area (Å²) in [7, 11) is 0. The molecule has 0 aliphatic carbocycles. The number of halogens is 1. The average Bonchev–Trinajstić information content (AvgIpc) is 2.52. The first kappa shape index (κ1) is 12.5. The predicted octanol–water partition coefficient (Wildman–Crippen LogP) is 2.78. The largest absolute Gasteiger partial charge is 0.391 e. The van der Waals surface area contributed by atoms with Crippen molar-refractivity contribution in [3.8, 4) is 0 Å². The van der Waals surface area contributed by atoms with Crippen molar-refractivity contribution in [3.05, 3.63) is 16.4 Å². The fraction of sp³-hybridized carbons (Fsp3) is 0.727. The van der Waals surface area contributed by atoms with E-state index in [9.17, 15) is 5.11 Å². The van der Waals surface area contributed by atoms with Crippen LogP contribution in [0.1, 0.15) is 44.4 Å². The Morgan fingerprint density at radius 2 is 2.07 bits per heavy atom. The molecule has 1 N–H and O–H groups in total. The van der Waals surface area contributed by atoms with Crippen molar-refractivity contribution in [3.63, 3.8) is 0 Å². The fourth-order valence-electron chi connectivity index (χ4n) is 1.58. The smallest absolute Gasteiger partial charge is 0.132 e. The molecule has 3 nitrogen and oxygen atoms in total. The molecule has 0 atom stereocenters. The van der Waals surface area contributed by atoms with Crippen molar-refractivity contribution in [2.75, 3.05) is 0 Å². The van der Waals surface area contributed by atoms with Gasteiger partial charge in [-0.25, -0.2) is 0 Å². The van der Waals surface area contributed by atoms with E-state index < -0.39 is 0 Å². The van der Waals surface area contributed by atoms with E-state index in [0.717, 1.165) is 43.5 Å². The second-order valence-electron chi connectivity index (χ2n) is 3.70. The third kappa shape index (κ3) is 2.95. The molecule has 0 amide bonds. The molecule has 4 heteroatoms. The van der Waals surface area contributed by atoms with Crippen molar-refractivity contribution in [1.82, 2.24) is 9.78 Å². The molecule has 0 unspecified atom stereocenters. The zero-order valence-electron chi connectivity index (χ0n) is 9.46. The van der Waals surface area contributed by atoms with Gasteiger partial charge >= 0.3 is 0 Å². The Morgan fingerprint density at radius 1 is 1.33 bits per heavy atom. The van der Waals surface area contributed by atoms with Crippen molar-refractivity contribution >= 4 is 11.6 Å². The number of nitrogens with zero attached hydrogens (tertiary/aromatic N) is 2. The minimum absolute atomic E-state index is 0.0136. The highest BCUT2D eigenvalue weighted by Crippen LogP contribution is 2.21. The summed E-state index contributed by atoms with van der Waals surface area (Å²) in [6, 6.07) is 0. The lowest BCUT2D eigenvalue weighted by atomic mass is 10.2. The van der Waals surface area contributed by atoms with E-state index in [1.165, 1.54) is 0 Å². The van der Waals surface area contributed by atoms with Crippen LogP contribution in [0.5, 0.6) is 0 Å². The third-order valence-electron chi connectivity index (χ3n) is 2.43. The molecule has 0 saturated carbocycles. The van der Waals surface area contributed by atoms with Crippen LogP contribution in [-0.4, -0.2) is 14.9 Å². The lowest BCUT2D eigenvalue weighted by Gasteiger charge is -2.00. The Labute approximate surface area is 96.1 Å². The van der Waals surface area contributed by atoms with Crippen LogP contribution in [0.4, 0.5) is 0 Å². The lowest BCUT2D eigenvalue weighted by molar-refractivity contribution is 0.280. The SMILES string of the molecule is CCCCn1nc(CCC)c(CO)c1Cl. The van der Waals surface area contributed by atoms with Crippen LogP contribution in [0.25, 0.3) is 0 Å². The fourth-order valence-corrected chi connectivity index (χ4v) is 1.87. The summed E-state index contributed by atoms with van der Waals surface area (Å²) < 4.78 is 1.81. The van der Waals surface area contributed by atoms with Gasteiger partial charge in [-0.05, 0) is 12.8 Å². The molecule has 15 heavy (non-hydrogen) atoms. The molecule has 86 valence electrons. The van der Waals surface area contributed by atoms with E-state index in [2.05, 4.69) is 18.9 Å². The monoisotopic (exact) mass is 230 g/mol. The van der Waals surface area contributed by atoms with Crippen LogP contribution in [-0.2, 0) is 19.6 Å². The number of rotatable bonds is 6. The van der Waals surface area contributed by atoms with E-state index in [4.69, 9.17) is 11.6 Å². The number of hydrogen-bond donors (Lipinski definition) is 1. The molecular formula is C11H19ClN2O. The maximum absolute atomic E-state index is 9.23. The quantitative estimate of drug-likeness (QED) is 0.816. The zero-order chi connectivity index (χ0) is 11.3. The summed E-state index contributed by atoms with van der Waals surface area (Å²) in [4.78, 5) is 0. The summed E-state index contributed by atoms with van der Waals surface area (Å²) in [5.41, 5.74) is 1.75. The first-order chi connectivity index (χ1) is 7.24. The highest BCUT2D eigenvalue weighted by molar-refractivity contribution is 6.30. The van der Waals surface area contributed by atoms with Crippen molar-refractivity contribution in [2.24, 2.45) is 0 Å². The van der Waals surface area contributed by atoms with Gasteiger partial charge in [-0.1, -0.05) is 38.3 Å². The number of aliphatic hydroxyl groups excluding tert-OH is 1. The molecule has 0 fully saturated rings. The molecule has 0 aromatic carbocycles. The Kier molecular flexibility index (Phi) is 5.12. The van der Waals surface area contributed by atoms with Gasteiger partial charge in [-0.2, -0.15) is 5.10 Å². The maximum Gasteiger partial charge on any atom is 0.132 e. The van der Waals surface area contributed by atoms with Gasteiger partial charge in [0.2, 0.25) is 0 Å². The van der Waals surface area contributed by atoms with Gasteiger partial charge in [0, 0.05) is 12.1 Å². The maximum atomic E-state index is 9.23. The summed E-state index contributed by atoms with van der Waals surface area (Å²) in [6.45, 7) is 5.06. The summed E-state index contributed by atoms with van der Waals surface area (Å²) >= 11 is 6.14. The van der Waals surface area contributed by atoms with Crippen LogP contribution >= 0.6 is 11.6 Å². The van der Waals surface area contributed by atoms with E-state index in [0.29, 0.717) is 5.15 Å². The first-order valence-electron chi connectivity index (χ1n) is 5.59. The molecule has 0 bridgehead atoms. The number of aryl methyl sites for hydroxylation is 2. The van der Waals surface area contributed by atoms with Gasteiger partial charge in [0.25, 0.3) is 0 Å². The van der Waals surface area contributed by atoms with Crippen molar-refractivity contribution in [2.45, 2.75) is 52.7 Å². The lowest BCUT2D eigenvalue weighted by Crippen LogP contribution is -2.00. The molecule has 1 aromatic rings. The van der Waals surface area contributed by atoms with E-state index in [1.54, 1.807) is 0 Å². The van der Waals surface area contributed by atoms with Crippen LogP contribution in [0.15, 0.2) is 0 Å². The number of aliphatic hydroxyl groups is 1. The molecule has 0 spiro atoms. The Bertz CT molecular complexity index is 310. The van der Waals surface area contributed by atoms with Gasteiger partial charge in [0.05, 0.1) is 12.3 Å². The topological polar surface area (TPSA) is 38.0 Å². The van der Waals surface area contributed by atoms with Gasteiger partial charge in [0.1, 0.15) is 5.15 Å². The Hall–Kier alpha value is -0.540. The standard InChI is InChI=1S/C11H19ClN2O/c1-3-5-7-14-11(12)9(8-15)10(13-14)6-4-2/h15H,3-8H2,1-2H3. The van der Waals surface area contributed by atoms with E-state index >= 15 is 0 Å². The van der Waals surface area contributed by atoms with E-state index in [1.807, 2.05) is 4.68 Å². The summed E-state index contributed by atoms with van der Waals surface area (Å²) in [5.74, 6) is 0. The number of aromatic nitrogens is 2. The normalized spacial score (nSPS) is 10.9. The third-order valence-corrected chi connectivity index (χ3v) is 2.86. The molecule has 0 radical (unpaired) electrons. The summed E-state index contributed by atoms with van der Waals surface area (Å²) in [5, 5.41) is 14.3. The minimum atomic E-state index is -0.0136. The van der Waals surface area contributed by atoms with Gasteiger partial charge in [0.15, 0.2) is 0 Å². The highest BCUT2D eigenvalue weighted by atomic mass is 35.5. The van der Waals surface area contributed by atoms with Crippen LogP contribution in [0.3, 0.4) is 0 Å². The first-order valence-corrected chi connectivity index (χ1v) is 5.97. The highest BCUT2D eigenvalue weighted by Gasteiger charge is 2.14. The second kappa shape index (κ2) is 6.13. The minimum Gasteiger partial charge on any atom is -0.391 e. The number of unbranched alkanes of at least 4 members (excludes halogenated alkanes) is 1. The zero-order valence-corrected chi connectivity index (χ0v) is 10.2. The second-order valence-corrected chi connectivity index (χ2v) is 4.06.